The van der Waals surface area contributed by atoms with E-state index < -0.39 is 38.1 Å². The van der Waals surface area contributed by atoms with Gasteiger partial charge in [-0.25, -0.2) is 28.8 Å². The lowest BCUT2D eigenvalue weighted by atomic mass is 9.93. The number of aryl methyl sites for hydroxylation is 1. The van der Waals surface area contributed by atoms with Crippen LogP contribution >= 0.6 is 11.6 Å². The maximum Gasteiger partial charge on any atom is 0.410 e. The third-order valence-electron chi connectivity index (χ3n) is 9.98. The largest absolute Gasteiger partial charge is 0.477 e. The number of ether oxygens (including phenoxy) is 2. The average Bonchev–Trinajstić information content (AvgIpc) is 3.41. The molecule has 58 heavy (non-hydrogen) atoms. The molecule has 2 fully saturated rings. The van der Waals surface area contributed by atoms with E-state index in [1.165, 1.54) is 41.2 Å². The summed E-state index contributed by atoms with van der Waals surface area (Å²) in [5.74, 6) is 0.0985. The number of hydrogen-bond donors (Lipinski definition) is 2. The Bertz CT molecular complexity index is 2240. The highest BCUT2D eigenvalue weighted by molar-refractivity contribution is 7.90. The van der Waals surface area contributed by atoms with Gasteiger partial charge in [0, 0.05) is 30.9 Å². The second kappa shape index (κ2) is 16.3. The van der Waals surface area contributed by atoms with Crippen molar-refractivity contribution in [3.05, 3.63) is 59.1 Å². The molecular formula is C36H45ClF3N11O6S. The number of pyridine rings is 2. The minimum atomic E-state index is -4.48. The summed E-state index contributed by atoms with van der Waals surface area (Å²) in [4.78, 5) is 35.9. The van der Waals surface area contributed by atoms with Gasteiger partial charge in [0.2, 0.25) is 5.88 Å². The molecule has 2 amide bonds. The van der Waals surface area contributed by atoms with Crippen LogP contribution in [0.3, 0.4) is 0 Å². The average molecular weight is 852 g/mol. The van der Waals surface area contributed by atoms with Crippen molar-refractivity contribution < 1.29 is 40.7 Å². The van der Waals surface area contributed by atoms with Gasteiger partial charge in [-0.05, 0) is 114 Å². The minimum absolute atomic E-state index is 0.0705. The lowest BCUT2D eigenvalue weighted by molar-refractivity contribution is -0.190. The number of alkyl halides is 3. The van der Waals surface area contributed by atoms with Crippen molar-refractivity contribution >= 4 is 39.4 Å². The molecule has 1 saturated heterocycles. The van der Waals surface area contributed by atoms with Crippen LogP contribution in [0.4, 0.5) is 23.8 Å². The number of hydrogen-bond acceptors (Lipinski definition) is 13. The van der Waals surface area contributed by atoms with Crippen LogP contribution in [0.15, 0.2) is 47.6 Å². The molecule has 0 spiro atoms. The van der Waals surface area contributed by atoms with E-state index in [1.807, 2.05) is 39.3 Å². The molecule has 17 nitrogen and oxygen atoms in total. The summed E-state index contributed by atoms with van der Waals surface area (Å²) in [7, 11) is -4.48. The molecule has 1 saturated carbocycles. The Labute approximate surface area is 338 Å². The predicted octanol–water partition coefficient (Wildman–Crippen LogP) is 5.96. The Morgan fingerprint density at radius 2 is 1.83 bits per heavy atom. The molecule has 1 aliphatic carbocycles. The molecule has 0 unspecified atom stereocenters. The molecule has 1 atom stereocenters. The highest BCUT2D eigenvalue weighted by Gasteiger charge is 2.62. The van der Waals surface area contributed by atoms with E-state index in [9.17, 15) is 31.2 Å². The first kappa shape index (κ1) is 42.6. The first-order chi connectivity index (χ1) is 27.1. The fourth-order valence-corrected chi connectivity index (χ4v) is 7.91. The van der Waals surface area contributed by atoms with Crippen LogP contribution in [0.2, 0.25) is 5.15 Å². The van der Waals surface area contributed by atoms with E-state index in [1.54, 1.807) is 15.6 Å². The molecule has 5 heterocycles. The maximum atomic E-state index is 13.2. The van der Waals surface area contributed by atoms with Gasteiger partial charge in [0.1, 0.15) is 16.6 Å². The molecule has 314 valence electrons. The number of nitrogens with one attached hydrogen (secondary N) is 2. The van der Waals surface area contributed by atoms with Gasteiger partial charge in [-0.3, -0.25) is 4.79 Å². The van der Waals surface area contributed by atoms with Gasteiger partial charge in [0.25, 0.3) is 15.9 Å². The van der Waals surface area contributed by atoms with Crippen molar-refractivity contribution in [3.8, 4) is 11.7 Å². The summed E-state index contributed by atoms with van der Waals surface area (Å²) in [6, 6.07) is 8.26. The summed E-state index contributed by atoms with van der Waals surface area (Å²) in [5, 5.41) is 18.3. The van der Waals surface area contributed by atoms with E-state index in [4.69, 9.17) is 21.1 Å². The van der Waals surface area contributed by atoms with Gasteiger partial charge in [0.05, 0.1) is 24.1 Å². The second-order valence-electron chi connectivity index (χ2n) is 16.1. The van der Waals surface area contributed by atoms with Crippen LogP contribution in [0, 0.1) is 11.3 Å². The van der Waals surface area contributed by atoms with Gasteiger partial charge in [0.15, 0.2) is 16.7 Å². The summed E-state index contributed by atoms with van der Waals surface area (Å²) in [5.41, 5.74) is -2.86. The number of anilines is 1. The molecule has 2 N–H and O–H groups in total. The van der Waals surface area contributed by atoms with Crippen molar-refractivity contribution in [1.82, 2.24) is 49.6 Å². The van der Waals surface area contributed by atoms with E-state index in [0.717, 1.165) is 19.3 Å². The highest BCUT2D eigenvalue weighted by Crippen LogP contribution is 2.59. The standard InChI is InChI=1S/C36H45ClF3N11O6S/c1-33(2,3)57-32(53)49-22-23(20-34(49,4)5)8-7-17-51-27(44-47-48-51)21-41-25-9-6-10-29(42-25)58(54,55)46-31(52)24-11-12-26(43-30(24)37)50-18-13-28(45-50)56-19-16-35(14-15-35)36(38,39)40/h6,9-13,18,23H,7-8,14-17,19-22H2,1-5H3,(H,41,42)(H,46,52)/t23-/m0/s1. The van der Waals surface area contributed by atoms with Gasteiger partial charge in [-0.15, -0.1) is 10.2 Å². The Morgan fingerprint density at radius 3 is 2.52 bits per heavy atom. The van der Waals surface area contributed by atoms with E-state index in [-0.39, 0.29) is 78.2 Å². The number of likely N-dealkylation sites (tertiary alicyclic amines) is 1. The van der Waals surface area contributed by atoms with Crippen molar-refractivity contribution in [3.63, 3.8) is 0 Å². The number of carbonyl (C=O) groups excluding carboxylic acids is 2. The van der Waals surface area contributed by atoms with Crippen LogP contribution in [0.5, 0.6) is 5.88 Å². The first-order valence-corrected chi connectivity index (χ1v) is 20.5. The summed E-state index contributed by atoms with van der Waals surface area (Å²) in [6.07, 6.45) is -0.749. The lowest BCUT2D eigenvalue weighted by Gasteiger charge is -2.33. The number of nitrogens with zero attached hydrogens (tertiary/aromatic N) is 9. The van der Waals surface area contributed by atoms with Crippen molar-refractivity contribution in [1.29, 1.82) is 0 Å². The normalized spacial score (nSPS) is 17.5. The van der Waals surface area contributed by atoms with Gasteiger partial charge in [-0.1, -0.05) is 17.7 Å². The zero-order valence-corrected chi connectivity index (χ0v) is 34.2. The molecule has 4 aromatic rings. The Morgan fingerprint density at radius 1 is 1.07 bits per heavy atom. The topological polar surface area (TPSA) is 201 Å². The molecule has 0 bridgehead atoms. The zero-order chi connectivity index (χ0) is 42.1. The van der Waals surface area contributed by atoms with E-state index >= 15 is 0 Å². The smallest absolute Gasteiger partial charge is 0.410 e. The number of tetrazole rings is 1. The van der Waals surface area contributed by atoms with Gasteiger partial charge >= 0.3 is 12.3 Å². The number of amides is 2. The van der Waals surface area contributed by atoms with Gasteiger partial charge < -0.3 is 19.7 Å². The molecule has 2 aliphatic rings. The Hall–Kier alpha value is -5.05. The fourth-order valence-electron chi connectivity index (χ4n) is 6.74. The number of carbonyl (C=O) groups is 2. The molecule has 1 aliphatic heterocycles. The molecular weight excluding hydrogens is 807 g/mol. The molecule has 6 rings (SSSR count). The number of rotatable bonds is 15. The molecule has 22 heteroatoms. The van der Waals surface area contributed by atoms with Crippen LogP contribution < -0.4 is 14.8 Å². The van der Waals surface area contributed by atoms with E-state index in [2.05, 4.69) is 35.9 Å². The molecule has 4 aromatic heterocycles. The van der Waals surface area contributed by atoms with Crippen LogP contribution in [-0.2, 0) is 27.8 Å². The van der Waals surface area contributed by atoms with Crippen LogP contribution in [0.25, 0.3) is 5.82 Å². The highest BCUT2D eigenvalue weighted by atomic mass is 35.5. The summed E-state index contributed by atoms with van der Waals surface area (Å²) < 4.78 is 81.9. The van der Waals surface area contributed by atoms with Crippen LogP contribution in [0.1, 0.15) is 89.3 Å². The number of sulfonamides is 1. The Balaban J connectivity index is 0.993. The number of aromatic nitrogens is 8. The maximum absolute atomic E-state index is 13.2. The third-order valence-corrected chi connectivity index (χ3v) is 11.5. The zero-order valence-electron chi connectivity index (χ0n) is 32.6. The summed E-state index contributed by atoms with van der Waals surface area (Å²) in [6.45, 7) is 10.7. The summed E-state index contributed by atoms with van der Waals surface area (Å²) >= 11 is 6.27. The van der Waals surface area contributed by atoms with Crippen molar-refractivity contribution in [2.24, 2.45) is 11.3 Å². The SMILES string of the molecule is CC(C)(C)OC(=O)N1C[C@@H](CCCn2nnnc2CNc2cccc(S(=O)(=O)NC(=O)c3ccc(-n4ccc(OCCC5(C(F)(F)F)CC5)n4)nc3Cl)n2)CC1(C)C. The number of halogens is 4. The van der Waals surface area contributed by atoms with E-state index in [0.29, 0.717) is 18.9 Å². The quantitative estimate of drug-likeness (QED) is 0.133. The minimum Gasteiger partial charge on any atom is -0.477 e. The fraction of sp³-hybridized carbons (Fsp3) is 0.556. The van der Waals surface area contributed by atoms with Crippen molar-refractivity contribution in [2.75, 3.05) is 18.5 Å². The predicted molar refractivity (Wildman–Crippen MR) is 203 cm³/mol. The monoisotopic (exact) mass is 851 g/mol. The second-order valence-corrected chi connectivity index (χ2v) is 18.1. The molecule has 0 aromatic carbocycles. The Kier molecular flexibility index (Phi) is 12.0. The molecule has 0 radical (unpaired) electrons. The van der Waals surface area contributed by atoms with Gasteiger partial charge in [-0.2, -0.15) is 21.6 Å². The van der Waals surface area contributed by atoms with Crippen molar-refractivity contribution in [2.45, 2.75) is 109 Å². The van der Waals surface area contributed by atoms with Crippen LogP contribution in [-0.4, -0.2) is 95.7 Å². The first-order valence-electron chi connectivity index (χ1n) is 18.6. The lowest BCUT2D eigenvalue weighted by Crippen LogP contribution is -2.45. The third kappa shape index (κ3) is 10.1.